The van der Waals surface area contributed by atoms with Crippen LogP contribution in [0, 0.1) is 10.1 Å². The lowest BCUT2D eigenvalue weighted by Crippen LogP contribution is -1.98. The lowest BCUT2D eigenvalue weighted by atomic mass is 10.3. The van der Waals surface area contributed by atoms with E-state index in [0.29, 0.717) is 18.1 Å². The van der Waals surface area contributed by atoms with E-state index < -0.39 is 4.92 Å². The van der Waals surface area contributed by atoms with E-state index in [4.69, 9.17) is 9.47 Å². The SMILES string of the molecule is CC/C=C\COc1cc([N+](=O)[O-])ccc1OC. The number of ether oxygens (including phenoxy) is 2. The van der Waals surface area contributed by atoms with Crippen molar-refractivity contribution < 1.29 is 14.4 Å². The molecule has 0 spiro atoms. The van der Waals surface area contributed by atoms with Crippen molar-refractivity contribution in [2.24, 2.45) is 0 Å². The Morgan fingerprint density at radius 3 is 2.71 bits per heavy atom. The maximum atomic E-state index is 10.6. The van der Waals surface area contributed by atoms with Crippen LogP contribution in [0.1, 0.15) is 13.3 Å². The first kappa shape index (κ1) is 13.0. The Morgan fingerprint density at radius 1 is 1.35 bits per heavy atom. The fourth-order valence-corrected chi connectivity index (χ4v) is 1.26. The molecular weight excluding hydrogens is 222 g/mol. The molecular formula is C12H15NO4. The highest BCUT2D eigenvalue weighted by molar-refractivity contribution is 5.48. The van der Waals surface area contributed by atoms with Gasteiger partial charge < -0.3 is 9.47 Å². The maximum Gasteiger partial charge on any atom is 0.273 e. The number of nitrogens with zero attached hydrogens (tertiary/aromatic N) is 1. The molecule has 0 heterocycles. The van der Waals surface area contributed by atoms with Gasteiger partial charge in [-0.15, -0.1) is 0 Å². The van der Waals surface area contributed by atoms with Crippen LogP contribution in [-0.2, 0) is 0 Å². The predicted octanol–water partition coefficient (Wildman–Crippen LogP) is 2.95. The summed E-state index contributed by atoms with van der Waals surface area (Å²) in [6.07, 6.45) is 4.75. The second kappa shape index (κ2) is 6.52. The summed E-state index contributed by atoms with van der Waals surface area (Å²) >= 11 is 0. The van der Waals surface area contributed by atoms with Crippen molar-refractivity contribution in [2.75, 3.05) is 13.7 Å². The minimum atomic E-state index is -0.464. The Morgan fingerprint density at radius 2 is 2.12 bits per heavy atom. The fourth-order valence-electron chi connectivity index (χ4n) is 1.26. The van der Waals surface area contributed by atoms with Gasteiger partial charge in [-0.2, -0.15) is 0 Å². The molecule has 0 aliphatic rings. The number of benzene rings is 1. The van der Waals surface area contributed by atoms with E-state index in [1.807, 2.05) is 19.1 Å². The summed E-state index contributed by atoms with van der Waals surface area (Å²) in [5.41, 5.74) is -0.0136. The van der Waals surface area contributed by atoms with Gasteiger partial charge in [-0.25, -0.2) is 0 Å². The van der Waals surface area contributed by atoms with Gasteiger partial charge in [0, 0.05) is 6.07 Å². The lowest BCUT2D eigenvalue weighted by molar-refractivity contribution is -0.385. The van der Waals surface area contributed by atoms with Crippen LogP contribution in [0.15, 0.2) is 30.4 Å². The molecule has 0 unspecified atom stereocenters. The highest BCUT2D eigenvalue weighted by Gasteiger charge is 2.11. The van der Waals surface area contributed by atoms with Crippen LogP contribution in [0.3, 0.4) is 0 Å². The number of hydrogen-bond acceptors (Lipinski definition) is 4. The molecule has 0 radical (unpaired) electrons. The van der Waals surface area contributed by atoms with Gasteiger partial charge in [-0.3, -0.25) is 10.1 Å². The van der Waals surface area contributed by atoms with Crippen molar-refractivity contribution in [3.63, 3.8) is 0 Å². The number of hydrogen-bond donors (Lipinski definition) is 0. The van der Waals surface area contributed by atoms with E-state index in [0.717, 1.165) is 6.42 Å². The summed E-state index contributed by atoms with van der Waals surface area (Å²) in [6, 6.07) is 4.27. The summed E-state index contributed by atoms with van der Waals surface area (Å²) < 4.78 is 10.5. The van der Waals surface area contributed by atoms with Crippen LogP contribution in [0.2, 0.25) is 0 Å². The van der Waals surface area contributed by atoms with E-state index in [2.05, 4.69) is 0 Å². The molecule has 0 aliphatic heterocycles. The third-order valence-electron chi connectivity index (χ3n) is 2.10. The minimum absolute atomic E-state index is 0.0136. The average molecular weight is 237 g/mol. The summed E-state index contributed by atoms with van der Waals surface area (Å²) in [5, 5.41) is 10.6. The zero-order chi connectivity index (χ0) is 12.7. The average Bonchev–Trinajstić information content (AvgIpc) is 2.34. The molecule has 5 nitrogen and oxygen atoms in total. The standard InChI is InChI=1S/C12H15NO4/c1-3-4-5-8-17-12-9-10(13(14)15)6-7-11(12)16-2/h4-7,9H,3,8H2,1-2H3/b5-4-. The van der Waals surface area contributed by atoms with Crippen LogP contribution >= 0.6 is 0 Å². The molecule has 92 valence electrons. The Labute approximate surface area is 99.8 Å². The van der Waals surface area contributed by atoms with Crippen LogP contribution in [0.4, 0.5) is 5.69 Å². The van der Waals surface area contributed by atoms with Gasteiger partial charge in [0.15, 0.2) is 11.5 Å². The highest BCUT2D eigenvalue weighted by Crippen LogP contribution is 2.30. The summed E-state index contributed by atoms with van der Waals surface area (Å²) in [7, 11) is 1.50. The van der Waals surface area contributed by atoms with Gasteiger partial charge in [-0.1, -0.05) is 19.1 Å². The van der Waals surface area contributed by atoms with Crippen molar-refractivity contribution in [3.05, 3.63) is 40.5 Å². The number of rotatable bonds is 6. The molecule has 1 rings (SSSR count). The van der Waals surface area contributed by atoms with Crippen molar-refractivity contribution in [1.82, 2.24) is 0 Å². The number of methoxy groups -OCH3 is 1. The molecule has 5 heteroatoms. The lowest BCUT2D eigenvalue weighted by Gasteiger charge is -2.08. The quantitative estimate of drug-likeness (QED) is 0.433. The smallest absolute Gasteiger partial charge is 0.273 e. The monoisotopic (exact) mass is 237 g/mol. The zero-order valence-corrected chi connectivity index (χ0v) is 9.88. The Bertz CT molecular complexity index is 415. The van der Waals surface area contributed by atoms with Gasteiger partial charge in [0.2, 0.25) is 0 Å². The third-order valence-corrected chi connectivity index (χ3v) is 2.10. The number of nitro benzene ring substituents is 1. The third kappa shape index (κ3) is 3.79. The molecule has 1 aromatic carbocycles. The molecule has 0 amide bonds. The van der Waals surface area contributed by atoms with Crippen molar-refractivity contribution in [1.29, 1.82) is 0 Å². The van der Waals surface area contributed by atoms with Gasteiger partial charge in [0.05, 0.1) is 18.1 Å². The largest absolute Gasteiger partial charge is 0.493 e. The normalized spacial score (nSPS) is 10.5. The Hall–Kier alpha value is -2.04. The summed E-state index contributed by atoms with van der Waals surface area (Å²) in [4.78, 5) is 10.2. The molecule has 0 atom stereocenters. The van der Waals surface area contributed by atoms with Crippen molar-refractivity contribution in [3.8, 4) is 11.5 Å². The van der Waals surface area contributed by atoms with Gasteiger partial charge in [0.1, 0.15) is 6.61 Å². The second-order valence-electron chi connectivity index (χ2n) is 3.28. The molecule has 0 saturated heterocycles. The zero-order valence-electron chi connectivity index (χ0n) is 9.88. The van der Waals surface area contributed by atoms with Crippen LogP contribution < -0.4 is 9.47 Å². The Balaban J connectivity index is 2.82. The second-order valence-corrected chi connectivity index (χ2v) is 3.28. The van der Waals surface area contributed by atoms with Crippen LogP contribution in [-0.4, -0.2) is 18.6 Å². The van der Waals surface area contributed by atoms with E-state index in [-0.39, 0.29) is 5.69 Å². The van der Waals surface area contributed by atoms with Gasteiger partial charge in [-0.05, 0) is 12.5 Å². The molecule has 0 saturated carbocycles. The molecule has 0 aliphatic carbocycles. The summed E-state index contributed by atoms with van der Waals surface area (Å²) in [5.74, 6) is 0.864. The first-order valence-corrected chi connectivity index (χ1v) is 5.29. The van der Waals surface area contributed by atoms with E-state index >= 15 is 0 Å². The van der Waals surface area contributed by atoms with Crippen molar-refractivity contribution in [2.45, 2.75) is 13.3 Å². The summed E-state index contributed by atoms with van der Waals surface area (Å²) in [6.45, 7) is 2.38. The topological polar surface area (TPSA) is 61.6 Å². The fraction of sp³-hybridized carbons (Fsp3) is 0.333. The number of nitro groups is 1. The predicted molar refractivity (Wildman–Crippen MR) is 64.6 cm³/mol. The first-order chi connectivity index (χ1) is 8.19. The molecule has 0 fully saturated rings. The molecule has 0 bridgehead atoms. The maximum absolute atomic E-state index is 10.6. The van der Waals surface area contributed by atoms with E-state index in [9.17, 15) is 10.1 Å². The van der Waals surface area contributed by atoms with E-state index in [1.165, 1.54) is 25.3 Å². The number of non-ortho nitro benzene ring substituents is 1. The first-order valence-electron chi connectivity index (χ1n) is 5.29. The van der Waals surface area contributed by atoms with Crippen molar-refractivity contribution >= 4 is 5.69 Å². The molecule has 0 N–H and O–H groups in total. The van der Waals surface area contributed by atoms with E-state index in [1.54, 1.807) is 0 Å². The number of allylic oxidation sites excluding steroid dienone is 1. The Kier molecular flexibility index (Phi) is 5.00. The van der Waals surface area contributed by atoms with Gasteiger partial charge in [0.25, 0.3) is 5.69 Å². The van der Waals surface area contributed by atoms with Crippen LogP contribution in [0.25, 0.3) is 0 Å². The molecule has 1 aromatic rings. The molecule has 0 aromatic heterocycles. The van der Waals surface area contributed by atoms with Crippen LogP contribution in [0.5, 0.6) is 11.5 Å². The minimum Gasteiger partial charge on any atom is -0.493 e. The van der Waals surface area contributed by atoms with Gasteiger partial charge >= 0.3 is 0 Å². The molecule has 17 heavy (non-hydrogen) atoms. The highest BCUT2D eigenvalue weighted by atomic mass is 16.6.